The molecule has 84 valence electrons. The van der Waals surface area contributed by atoms with Crippen LogP contribution in [0.3, 0.4) is 0 Å². The monoisotopic (exact) mass is 207 g/mol. The van der Waals surface area contributed by atoms with Gasteiger partial charge in [0.05, 0.1) is 13.2 Å². The zero-order valence-electron chi connectivity index (χ0n) is 9.02. The van der Waals surface area contributed by atoms with Crippen molar-refractivity contribution in [3.8, 4) is 0 Å². The highest BCUT2D eigenvalue weighted by molar-refractivity contribution is 4.77. The lowest BCUT2D eigenvalue weighted by molar-refractivity contribution is -0.0700. The van der Waals surface area contributed by atoms with Crippen molar-refractivity contribution < 1.29 is 13.5 Å². The molecular formula is C10H19F2NO. The Morgan fingerprint density at radius 3 is 2.57 bits per heavy atom. The first-order chi connectivity index (χ1) is 6.48. The molecule has 0 aliphatic rings. The van der Waals surface area contributed by atoms with Gasteiger partial charge in [-0.15, -0.1) is 0 Å². The van der Waals surface area contributed by atoms with Gasteiger partial charge in [0.2, 0.25) is 0 Å². The summed E-state index contributed by atoms with van der Waals surface area (Å²) >= 11 is 0. The summed E-state index contributed by atoms with van der Waals surface area (Å²) in [4.78, 5) is 0. The summed E-state index contributed by atoms with van der Waals surface area (Å²) in [7, 11) is 0. The summed E-state index contributed by atoms with van der Waals surface area (Å²) in [6.45, 7) is 4.86. The SMILES string of the molecule is C/C=C/COCC(F)(F)CNC(C)C. The highest BCUT2D eigenvalue weighted by Crippen LogP contribution is 2.12. The van der Waals surface area contributed by atoms with E-state index in [4.69, 9.17) is 4.74 Å². The third-order valence-electron chi connectivity index (χ3n) is 1.53. The van der Waals surface area contributed by atoms with Crippen LogP contribution in [0.25, 0.3) is 0 Å². The van der Waals surface area contributed by atoms with E-state index in [1.54, 1.807) is 12.2 Å². The van der Waals surface area contributed by atoms with Crippen LogP contribution in [0.1, 0.15) is 20.8 Å². The maximum atomic E-state index is 13.0. The van der Waals surface area contributed by atoms with Gasteiger partial charge in [0.25, 0.3) is 5.92 Å². The van der Waals surface area contributed by atoms with Crippen LogP contribution in [0.15, 0.2) is 12.2 Å². The molecule has 0 fully saturated rings. The summed E-state index contributed by atoms with van der Waals surface area (Å²) in [6, 6.07) is 0.0661. The molecular weight excluding hydrogens is 188 g/mol. The Hall–Kier alpha value is -0.480. The molecule has 0 atom stereocenters. The van der Waals surface area contributed by atoms with E-state index < -0.39 is 12.5 Å². The Balaban J connectivity index is 3.60. The maximum absolute atomic E-state index is 13.0. The quantitative estimate of drug-likeness (QED) is 0.510. The van der Waals surface area contributed by atoms with Crippen molar-refractivity contribution in [2.45, 2.75) is 32.7 Å². The van der Waals surface area contributed by atoms with E-state index in [0.29, 0.717) is 0 Å². The molecule has 0 aliphatic carbocycles. The predicted molar refractivity (Wildman–Crippen MR) is 53.7 cm³/mol. The van der Waals surface area contributed by atoms with E-state index in [1.807, 2.05) is 20.8 Å². The molecule has 0 saturated heterocycles. The van der Waals surface area contributed by atoms with E-state index >= 15 is 0 Å². The third-order valence-corrected chi connectivity index (χ3v) is 1.53. The number of hydrogen-bond donors (Lipinski definition) is 1. The number of nitrogens with one attached hydrogen (secondary N) is 1. The summed E-state index contributed by atoms with van der Waals surface area (Å²) < 4.78 is 30.8. The number of ether oxygens (including phenoxy) is 1. The molecule has 0 aromatic carbocycles. The molecule has 0 bridgehead atoms. The molecule has 0 aromatic heterocycles. The maximum Gasteiger partial charge on any atom is 0.283 e. The first kappa shape index (κ1) is 13.5. The van der Waals surface area contributed by atoms with Crippen molar-refractivity contribution >= 4 is 0 Å². The lowest BCUT2D eigenvalue weighted by Gasteiger charge is -2.18. The molecule has 0 aliphatic heterocycles. The number of halogens is 2. The Morgan fingerprint density at radius 2 is 2.07 bits per heavy atom. The van der Waals surface area contributed by atoms with Crippen LogP contribution in [-0.4, -0.2) is 31.7 Å². The minimum absolute atomic E-state index is 0.0661. The van der Waals surface area contributed by atoms with E-state index in [9.17, 15) is 8.78 Å². The van der Waals surface area contributed by atoms with Crippen molar-refractivity contribution in [3.63, 3.8) is 0 Å². The summed E-state index contributed by atoms with van der Waals surface area (Å²) in [5.74, 6) is -2.79. The van der Waals surface area contributed by atoms with Gasteiger partial charge in [0.1, 0.15) is 6.61 Å². The minimum Gasteiger partial charge on any atom is -0.371 e. The van der Waals surface area contributed by atoms with Crippen LogP contribution < -0.4 is 5.32 Å². The lowest BCUT2D eigenvalue weighted by Crippen LogP contribution is -2.39. The number of hydrogen-bond acceptors (Lipinski definition) is 2. The van der Waals surface area contributed by atoms with E-state index in [1.165, 1.54) is 0 Å². The molecule has 4 heteroatoms. The first-order valence-corrected chi connectivity index (χ1v) is 4.78. The van der Waals surface area contributed by atoms with Crippen molar-refractivity contribution in [1.82, 2.24) is 5.32 Å². The largest absolute Gasteiger partial charge is 0.371 e. The summed E-state index contributed by atoms with van der Waals surface area (Å²) in [6.07, 6.45) is 3.47. The van der Waals surface area contributed by atoms with Gasteiger partial charge in [-0.1, -0.05) is 26.0 Å². The summed E-state index contributed by atoms with van der Waals surface area (Å²) in [5, 5.41) is 2.68. The van der Waals surface area contributed by atoms with Gasteiger partial charge >= 0.3 is 0 Å². The normalized spacial score (nSPS) is 13.0. The smallest absolute Gasteiger partial charge is 0.283 e. The topological polar surface area (TPSA) is 21.3 Å². The molecule has 0 heterocycles. The third kappa shape index (κ3) is 8.13. The van der Waals surface area contributed by atoms with Crippen LogP contribution in [0.4, 0.5) is 8.78 Å². The zero-order valence-corrected chi connectivity index (χ0v) is 9.02. The van der Waals surface area contributed by atoms with Crippen molar-refractivity contribution in [2.24, 2.45) is 0 Å². The minimum atomic E-state index is -2.79. The van der Waals surface area contributed by atoms with Crippen molar-refractivity contribution in [3.05, 3.63) is 12.2 Å². The fourth-order valence-electron chi connectivity index (χ4n) is 0.777. The van der Waals surface area contributed by atoms with Crippen LogP contribution in [-0.2, 0) is 4.74 Å². The average Bonchev–Trinajstić information content (AvgIpc) is 2.10. The highest BCUT2D eigenvalue weighted by Gasteiger charge is 2.28. The number of rotatable bonds is 7. The van der Waals surface area contributed by atoms with Crippen molar-refractivity contribution in [1.29, 1.82) is 0 Å². The molecule has 0 spiro atoms. The Morgan fingerprint density at radius 1 is 1.43 bits per heavy atom. The molecule has 1 N–H and O–H groups in total. The number of allylic oxidation sites excluding steroid dienone is 1. The fraction of sp³-hybridized carbons (Fsp3) is 0.800. The van der Waals surface area contributed by atoms with Crippen molar-refractivity contribution in [2.75, 3.05) is 19.8 Å². The Kier molecular flexibility index (Phi) is 6.66. The summed E-state index contributed by atoms with van der Waals surface area (Å²) in [5.41, 5.74) is 0. The van der Waals surface area contributed by atoms with Gasteiger partial charge < -0.3 is 10.1 Å². The Labute approximate surface area is 84.3 Å². The van der Waals surface area contributed by atoms with Crippen LogP contribution >= 0.6 is 0 Å². The molecule has 0 rings (SSSR count). The van der Waals surface area contributed by atoms with Gasteiger partial charge in [0.15, 0.2) is 0 Å². The lowest BCUT2D eigenvalue weighted by atomic mass is 10.3. The second-order valence-corrected chi connectivity index (χ2v) is 3.48. The van der Waals surface area contributed by atoms with Gasteiger partial charge in [-0.3, -0.25) is 0 Å². The second kappa shape index (κ2) is 6.90. The van der Waals surface area contributed by atoms with Gasteiger partial charge in [-0.05, 0) is 6.92 Å². The Bertz CT molecular complexity index is 170. The fourth-order valence-corrected chi connectivity index (χ4v) is 0.777. The van der Waals surface area contributed by atoms with E-state index in [0.717, 1.165) is 0 Å². The highest BCUT2D eigenvalue weighted by atomic mass is 19.3. The van der Waals surface area contributed by atoms with Crippen LogP contribution in [0.5, 0.6) is 0 Å². The standard InChI is InChI=1S/C10H19F2NO/c1-4-5-6-14-8-10(11,12)7-13-9(2)3/h4-5,9,13H,6-8H2,1-3H3/b5-4+. The molecule has 0 amide bonds. The van der Waals surface area contributed by atoms with E-state index in [-0.39, 0.29) is 19.2 Å². The second-order valence-electron chi connectivity index (χ2n) is 3.48. The molecule has 0 unspecified atom stereocenters. The number of alkyl halides is 2. The zero-order chi connectivity index (χ0) is 11.0. The molecule has 2 nitrogen and oxygen atoms in total. The van der Waals surface area contributed by atoms with Crippen LogP contribution in [0.2, 0.25) is 0 Å². The molecule has 14 heavy (non-hydrogen) atoms. The van der Waals surface area contributed by atoms with Crippen LogP contribution in [0, 0.1) is 0 Å². The van der Waals surface area contributed by atoms with Gasteiger partial charge in [-0.2, -0.15) is 0 Å². The molecule has 0 aromatic rings. The molecule has 0 radical (unpaired) electrons. The van der Waals surface area contributed by atoms with E-state index in [2.05, 4.69) is 5.32 Å². The first-order valence-electron chi connectivity index (χ1n) is 4.78. The molecule has 0 saturated carbocycles. The predicted octanol–water partition coefficient (Wildman–Crippen LogP) is 2.21. The van der Waals surface area contributed by atoms with Gasteiger partial charge in [0, 0.05) is 6.04 Å². The average molecular weight is 207 g/mol. The van der Waals surface area contributed by atoms with Gasteiger partial charge in [-0.25, -0.2) is 8.78 Å².